The van der Waals surface area contributed by atoms with Gasteiger partial charge in [0.15, 0.2) is 0 Å². The molecule has 0 aliphatic heterocycles. The number of pyridine rings is 3. The minimum atomic E-state index is 0. The Morgan fingerprint density at radius 1 is 0.519 bits per heavy atom. The first-order valence-corrected chi connectivity index (χ1v) is 17.0. The maximum absolute atomic E-state index is 6.59. The third kappa shape index (κ3) is 4.37. The number of hydrogen-bond acceptors (Lipinski definition) is 4. The summed E-state index contributed by atoms with van der Waals surface area (Å²) >= 11 is 0. The molecule has 11 rings (SSSR count). The van der Waals surface area contributed by atoms with Crippen LogP contribution in [-0.2, 0) is 20.4 Å². The van der Waals surface area contributed by atoms with E-state index in [2.05, 4.69) is 114 Å². The van der Waals surface area contributed by atoms with Gasteiger partial charge in [-0.25, -0.2) is 4.98 Å². The zero-order valence-corrected chi connectivity index (χ0v) is 29.6. The molecule has 0 atom stereocenters. The van der Waals surface area contributed by atoms with Crippen molar-refractivity contribution in [1.82, 2.24) is 23.8 Å². The Morgan fingerprint density at radius 3 is 1.83 bits per heavy atom. The Bertz CT molecular complexity index is 3250. The Hall–Kier alpha value is -6.13. The monoisotopic (exact) mass is 759 g/mol. The standard InChI is InChI=1S/C45H27N5O.Pd/c1-26-9-7-10-27(2)42(26)28-16-21-39-34(23-28)32-20-18-30(25-36(32)44-47-37-12-3-5-14-40(37)49(39)44)51-29-17-19-31-33-11-8-22-46-43(33)50-41-15-6-4-13-38(41)48-45(50)35(31)24-29;/h3-23H,1-2H3;/q-2;+2. The molecule has 248 valence electrons. The molecular formula is C45H27N5OPd. The molecule has 0 saturated carbocycles. The predicted molar refractivity (Wildman–Crippen MR) is 206 cm³/mol. The number of benzene rings is 6. The van der Waals surface area contributed by atoms with Crippen molar-refractivity contribution in [2.75, 3.05) is 0 Å². The largest absolute Gasteiger partial charge is 2.00 e. The average molecular weight is 760 g/mol. The van der Waals surface area contributed by atoms with Crippen LogP contribution < -0.4 is 4.74 Å². The SMILES string of the molecule is Cc1cccc(C)c1-c1ccc2c(c1)c1ccc(Oc3[c-]c4c(cc3)c3cccnc3n3c5ccccc5nc43)[c-]c1c1nc3ccccc3n21.[Pd+2]. The Morgan fingerprint density at radius 2 is 1.13 bits per heavy atom. The van der Waals surface area contributed by atoms with Crippen LogP contribution in [0.15, 0.2) is 128 Å². The smallest absolute Gasteiger partial charge is 0.497 e. The Labute approximate surface area is 311 Å². The number of imidazole rings is 2. The van der Waals surface area contributed by atoms with Gasteiger partial charge in [-0.15, -0.1) is 12.1 Å². The topological polar surface area (TPSA) is 56.7 Å². The van der Waals surface area contributed by atoms with Crippen LogP contribution >= 0.6 is 0 Å². The number of ether oxygens (including phenoxy) is 1. The minimum Gasteiger partial charge on any atom is -0.497 e. The molecule has 0 radical (unpaired) electrons. The normalized spacial score (nSPS) is 11.9. The van der Waals surface area contributed by atoms with Crippen LogP contribution in [0.25, 0.3) is 88.0 Å². The number of nitrogens with zero attached hydrogens (tertiary/aromatic N) is 5. The fourth-order valence-electron chi connectivity index (χ4n) is 7.99. The summed E-state index contributed by atoms with van der Waals surface area (Å²) in [4.78, 5) is 14.9. The number of rotatable bonds is 3. The van der Waals surface area contributed by atoms with Crippen molar-refractivity contribution in [2.24, 2.45) is 0 Å². The van der Waals surface area contributed by atoms with Crippen molar-refractivity contribution in [2.45, 2.75) is 13.8 Å². The number of aromatic nitrogens is 5. The minimum absolute atomic E-state index is 0. The van der Waals surface area contributed by atoms with E-state index in [9.17, 15) is 0 Å². The van der Waals surface area contributed by atoms with Gasteiger partial charge >= 0.3 is 20.4 Å². The van der Waals surface area contributed by atoms with Gasteiger partial charge in [0.05, 0.1) is 33.4 Å². The summed E-state index contributed by atoms with van der Waals surface area (Å²) in [6, 6.07) is 49.1. The first-order chi connectivity index (χ1) is 25.1. The molecule has 0 aliphatic rings. The fraction of sp³-hybridized carbons (Fsp3) is 0.0444. The predicted octanol–water partition coefficient (Wildman–Crippen LogP) is 11.0. The van der Waals surface area contributed by atoms with E-state index >= 15 is 0 Å². The molecule has 5 heterocycles. The molecule has 11 aromatic rings. The van der Waals surface area contributed by atoms with Crippen molar-refractivity contribution >= 4 is 76.8 Å². The fourth-order valence-corrected chi connectivity index (χ4v) is 7.99. The maximum Gasteiger partial charge on any atom is 2.00 e. The molecule has 7 heteroatoms. The molecule has 0 aliphatic carbocycles. The molecule has 0 saturated heterocycles. The molecule has 5 aromatic heterocycles. The van der Waals surface area contributed by atoms with Gasteiger partial charge in [-0.1, -0.05) is 106 Å². The van der Waals surface area contributed by atoms with E-state index in [4.69, 9.17) is 19.7 Å². The van der Waals surface area contributed by atoms with Crippen LogP contribution in [0.3, 0.4) is 0 Å². The van der Waals surface area contributed by atoms with E-state index in [0.717, 1.165) is 76.8 Å². The quantitative estimate of drug-likeness (QED) is 0.102. The summed E-state index contributed by atoms with van der Waals surface area (Å²) in [6.45, 7) is 4.36. The van der Waals surface area contributed by atoms with Crippen LogP contribution in [0.2, 0.25) is 0 Å². The van der Waals surface area contributed by atoms with Gasteiger partial charge < -0.3 is 13.5 Å². The second-order valence-corrected chi connectivity index (χ2v) is 13.2. The summed E-state index contributed by atoms with van der Waals surface area (Å²) in [5, 5.41) is 6.03. The third-order valence-electron chi connectivity index (χ3n) is 10.2. The second-order valence-electron chi connectivity index (χ2n) is 13.2. The van der Waals surface area contributed by atoms with Gasteiger partial charge in [0.1, 0.15) is 5.65 Å². The summed E-state index contributed by atoms with van der Waals surface area (Å²) in [6.07, 6.45) is 1.83. The number of aryl methyl sites for hydroxylation is 2. The van der Waals surface area contributed by atoms with E-state index < -0.39 is 0 Å². The van der Waals surface area contributed by atoms with Gasteiger partial charge in [0.25, 0.3) is 0 Å². The maximum atomic E-state index is 6.59. The molecule has 52 heavy (non-hydrogen) atoms. The van der Waals surface area contributed by atoms with Crippen LogP contribution in [0, 0.1) is 26.0 Å². The van der Waals surface area contributed by atoms with Crippen LogP contribution in [0.5, 0.6) is 11.5 Å². The summed E-state index contributed by atoms with van der Waals surface area (Å²) in [5.74, 6) is 1.17. The van der Waals surface area contributed by atoms with Crippen LogP contribution in [0.4, 0.5) is 0 Å². The number of para-hydroxylation sites is 4. The molecule has 0 amide bonds. The molecule has 6 nitrogen and oxygen atoms in total. The van der Waals surface area contributed by atoms with Gasteiger partial charge in [-0.05, 0) is 83.3 Å². The molecule has 0 spiro atoms. The molecule has 0 N–H and O–H groups in total. The van der Waals surface area contributed by atoms with Gasteiger partial charge in [0.2, 0.25) is 0 Å². The average Bonchev–Trinajstić information content (AvgIpc) is 3.75. The summed E-state index contributed by atoms with van der Waals surface area (Å²) in [5.41, 5.74) is 12.5. The van der Waals surface area contributed by atoms with Crippen molar-refractivity contribution in [3.8, 4) is 22.6 Å². The van der Waals surface area contributed by atoms with Crippen LogP contribution in [0.1, 0.15) is 11.1 Å². The van der Waals surface area contributed by atoms with Crippen molar-refractivity contribution < 1.29 is 25.2 Å². The van der Waals surface area contributed by atoms with Crippen molar-refractivity contribution in [3.05, 3.63) is 151 Å². The number of hydrogen-bond donors (Lipinski definition) is 0. The summed E-state index contributed by atoms with van der Waals surface area (Å²) < 4.78 is 11.0. The van der Waals surface area contributed by atoms with Crippen molar-refractivity contribution in [1.29, 1.82) is 0 Å². The molecule has 6 aromatic carbocycles. The van der Waals surface area contributed by atoms with Gasteiger partial charge in [-0.3, -0.25) is 9.97 Å². The van der Waals surface area contributed by atoms with Gasteiger partial charge in [0, 0.05) is 23.2 Å². The van der Waals surface area contributed by atoms with Crippen molar-refractivity contribution in [3.63, 3.8) is 0 Å². The van der Waals surface area contributed by atoms with E-state index in [1.165, 1.54) is 22.3 Å². The first-order valence-electron chi connectivity index (χ1n) is 17.0. The zero-order valence-electron chi connectivity index (χ0n) is 28.1. The van der Waals surface area contributed by atoms with E-state index in [-0.39, 0.29) is 20.4 Å². The number of fused-ring (bicyclic) bond motifs is 16. The van der Waals surface area contributed by atoms with E-state index in [1.54, 1.807) is 0 Å². The first kappa shape index (κ1) is 30.7. The van der Waals surface area contributed by atoms with Gasteiger partial charge in [-0.2, -0.15) is 0 Å². The third-order valence-corrected chi connectivity index (χ3v) is 10.2. The molecule has 0 bridgehead atoms. The van der Waals surface area contributed by atoms with E-state index in [0.29, 0.717) is 11.5 Å². The summed E-state index contributed by atoms with van der Waals surface area (Å²) in [7, 11) is 0. The Balaban J connectivity index is 0.00000338. The molecular weight excluding hydrogens is 733 g/mol. The van der Waals surface area contributed by atoms with E-state index in [1.807, 2.05) is 48.7 Å². The van der Waals surface area contributed by atoms with Crippen LogP contribution in [-0.4, -0.2) is 23.8 Å². The zero-order chi connectivity index (χ0) is 33.8. The molecule has 0 fully saturated rings. The second kappa shape index (κ2) is 11.4. The molecule has 0 unspecified atom stereocenters. The Kier molecular flexibility index (Phi) is 6.75.